The number of hydrogen-bond acceptors (Lipinski definition) is 4. The van der Waals surface area contributed by atoms with Crippen molar-refractivity contribution >= 4 is 23.2 Å². The molecule has 6 nitrogen and oxygen atoms in total. The predicted octanol–water partition coefficient (Wildman–Crippen LogP) is 4.18. The molecule has 1 saturated heterocycles. The summed E-state index contributed by atoms with van der Waals surface area (Å²) in [4.78, 5) is 16.8. The number of rotatable bonds is 6. The van der Waals surface area contributed by atoms with Gasteiger partial charge < -0.3 is 15.5 Å². The number of nitrogens with zero attached hydrogens (tertiary/aromatic N) is 3. The number of nitrogens with one attached hydrogen (secondary N) is 1. The van der Waals surface area contributed by atoms with E-state index in [9.17, 15) is 18.0 Å². The monoisotopic (exact) mass is 443 g/mol. The highest BCUT2D eigenvalue weighted by Crippen LogP contribution is 2.28. The van der Waals surface area contributed by atoms with Crippen molar-refractivity contribution in [3.8, 4) is 0 Å². The van der Waals surface area contributed by atoms with E-state index in [0.29, 0.717) is 29.4 Å². The second-order valence-electron chi connectivity index (χ2n) is 7.50. The van der Waals surface area contributed by atoms with Crippen LogP contribution in [-0.2, 0) is 12.7 Å². The van der Waals surface area contributed by atoms with Crippen LogP contribution in [0.2, 0.25) is 5.02 Å². The minimum Gasteiger partial charge on any atom is -0.399 e. The van der Waals surface area contributed by atoms with Crippen molar-refractivity contribution in [1.29, 1.82) is 0 Å². The zero-order valence-corrected chi connectivity index (χ0v) is 17.3. The Balaban J connectivity index is 1.78. The summed E-state index contributed by atoms with van der Waals surface area (Å²) in [5.74, 6) is -0.579. The highest BCUT2D eigenvalue weighted by Gasteiger charge is 2.34. The van der Waals surface area contributed by atoms with Gasteiger partial charge in [-0.1, -0.05) is 30.5 Å². The zero-order chi connectivity index (χ0) is 21.7. The normalized spacial score (nSPS) is 15.7. The second-order valence-corrected chi connectivity index (χ2v) is 7.91. The van der Waals surface area contributed by atoms with Gasteiger partial charge >= 0.3 is 6.18 Å². The number of halogens is 4. The van der Waals surface area contributed by atoms with Gasteiger partial charge in [0.2, 0.25) is 0 Å². The van der Waals surface area contributed by atoms with Gasteiger partial charge in [-0.05, 0) is 43.6 Å². The van der Waals surface area contributed by atoms with Gasteiger partial charge in [-0.15, -0.1) is 0 Å². The second kappa shape index (κ2) is 9.70. The van der Waals surface area contributed by atoms with Crippen LogP contribution in [0.15, 0.2) is 24.3 Å². The molecule has 1 aromatic heterocycles. The average molecular weight is 444 g/mol. The molecule has 0 radical (unpaired) electrons. The number of carbonyl (C=O) groups is 1. The lowest BCUT2D eigenvalue weighted by atomic mass is 10.1. The molecule has 1 aliphatic heterocycles. The van der Waals surface area contributed by atoms with Crippen molar-refractivity contribution in [1.82, 2.24) is 20.0 Å². The number of hydrogen-bond donors (Lipinski definition) is 2. The molecule has 3 rings (SSSR count). The first kappa shape index (κ1) is 22.4. The minimum absolute atomic E-state index is 0.153. The third kappa shape index (κ3) is 5.89. The summed E-state index contributed by atoms with van der Waals surface area (Å²) in [7, 11) is 0. The van der Waals surface area contributed by atoms with E-state index < -0.39 is 17.8 Å². The lowest BCUT2D eigenvalue weighted by molar-refractivity contribution is -0.141. The third-order valence-electron chi connectivity index (χ3n) is 5.21. The number of benzene rings is 1. The Kier molecular flexibility index (Phi) is 7.25. The maximum atomic E-state index is 13.0. The quantitative estimate of drug-likeness (QED) is 0.656. The van der Waals surface area contributed by atoms with E-state index in [1.807, 2.05) is 5.10 Å². The topological polar surface area (TPSA) is 78.2 Å². The molecule has 2 heterocycles. The van der Waals surface area contributed by atoms with E-state index in [4.69, 9.17) is 17.3 Å². The molecular formula is C20H25ClF3N5O. The van der Waals surface area contributed by atoms with Crippen molar-refractivity contribution in [2.75, 3.05) is 31.9 Å². The Morgan fingerprint density at radius 1 is 1.20 bits per heavy atom. The number of nitrogens with two attached hydrogens (primary N) is 1. The number of H-pyrrole nitrogens is 1. The Labute approximate surface area is 178 Å². The van der Waals surface area contributed by atoms with E-state index in [1.54, 1.807) is 18.2 Å². The molecule has 164 valence electrons. The number of nitrogen functional groups attached to an aromatic ring is 1. The summed E-state index contributed by atoms with van der Waals surface area (Å²) < 4.78 is 38.7. The average Bonchev–Trinajstić information content (AvgIpc) is 3.05. The molecule has 0 saturated carbocycles. The Hall–Kier alpha value is -2.26. The summed E-state index contributed by atoms with van der Waals surface area (Å²) in [5, 5.41) is 5.89. The lowest BCUT2D eigenvalue weighted by Crippen LogP contribution is -2.39. The smallest absolute Gasteiger partial charge is 0.399 e. The van der Waals surface area contributed by atoms with Crippen molar-refractivity contribution < 1.29 is 18.0 Å². The maximum Gasteiger partial charge on any atom is 0.432 e. The summed E-state index contributed by atoms with van der Waals surface area (Å²) >= 11 is 6.26. The maximum absolute atomic E-state index is 13.0. The highest BCUT2D eigenvalue weighted by atomic mass is 35.5. The van der Waals surface area contributed by atoms with E-state index in [-0.39, 0.29) is 12.2 Å². The first-order valence-corrected chi connectivity index (χ1v) is 10.3. The lowest BCUT2D eigenvalue weighted by Gasteiger charge is -2.27. The fraction of sp³-hybridized carbons (Fsp3) is 0.500. The van der Waals surface area contributed by atoms with E-state index in [2.05, 4.69) is 10.00 Å². The van der Waals surface area contributed by atoms with E-state index >= 15 is 0 Å². The number of aromatic nitrogens is 2. The molecule has 30 heavy (non-hydrogen) atoms. The number of amides is 1. The van der Waals surface area contributed by atoms with Crippen LogP contribution in [0.4, 0.5) is 18.9 Å². The molecule has 0 aliphatic carbocycles. The summed E-state index contributed by atoms with van der Waals surface area (Å²) in [5.41, 5.74) is 5.57. The largest absolute Gasteiger partial charge is 0.432 e. The van der Waals surface area contributed by atoms with Gasteiger partial charge in [0.05, 0.1) is 0 Å². The molecule has 1 fully saturated rings. The van der Waals surface area contributed by atoms with Crippen molar-refractivity contribution in [2.45, 2.75) is 38.4 Å². The Bertz CT molecular complexity index is 862. The Morgan fingerprint density at radius 3 is 2.50 bits per heavy atom. The van der Waals surface area contributed by atoms with Gasteiger partial charge in [-0.2, -0.15) is 18.3 Å². The van der Waals surface area contributed by atoms with Gasteiger partial charge in [0.1, 0.15) is 5.69 Å². The van der Waals surface area contributed by atoms with Crippen LogP contribution in [-0.4, -0.2) is 52.1 Å². The standard InChI is InChI=1S/C20H25ClF3N5O/c21-16-11-15(25)6-5-14(16)13-29(10-9-28-7-3-1-2-4-8-28)19(30)17-12-18(27-26-17)20(22,23)24/h5-6,11-12H,1-4,7-10,13,25H2,(H,26,27). The number of likely N-dealkylation sites (tertiary alicyclic amines) is 1. The third-order valence-corrected chi connectivity index (χ3v) is 5.56. The van der Waals surface area contributed by atoms with Gasteiger partial charge in [-0.25, -0.2) is 0 Å². The Morgan fingerprint density at radius 2 is 1.90 bits per heavy atom. The van der Waals surface area contributed by atoms with Crippen LogP contribution >= 0.6 is 11.6 Å². The molecule has 0 unspecified atom stereocenters. The molecule has 1 amide bonds. The van der Waals surface area contributed by atoms with Crippen LogP contribution in [0.5, 0.6) is 0 Å². The number of aromatic amines is 1. The molecule has 1 aromatic carbocycles. The van der Waals surface area contributed by atoms with Crippen molar-refractivity contribution in [3.63, 3.8) is 0 Å². The van der Waals surface area contributed by atoms with Gasteiger partial charge in [0.15, 0.2) is 5.69 Å². The number of carbonyl (C=O) groups excluding carboxylic acids is 1. The first-order chi connectivity index (χ1) is 14.2. The van der Waals surface area contributed by atoms with Gasteiger partial charge in [0.25, 0.3) is 5.91 Å². The van der Waals surface area contributed by atoms with Crippen LogP contribution in [0, 0.1) is 0 Å². The summed E-state index contributed by atoms with van der Waals surface area (Å²) in [6.45, 7) is 3.04. The SMILES string of the molecule is Nc1ccc(CN(CCN2CCCCCC2)C(=O)c2cc(C(F)(F)F)[nH]n2)c(Cl)c1. The van der Waals surface area contributed by atoms with Gasteiger partial charge in [0, 0.05) is 36.4 Å². The molecule has 10 heteroatoms. The molecule has 0 bridgehead atoms. The molecule has 0 atom stereocenters. The summed E-state index contributed by atoms with van der Waals surface area (Å²) in [6, 6.07) is 5.72. The van der Waals surface area contributed by atoms with Crippen molar-refractivity contribution in [2.24, 2.45) is 0 Å². The van der Waals surface area contributed by atoms with E-state index in [0.717, 1.165) is 32.0 Å². The fourth-order valence-electron chi connectivity index (χ4n) is 3.51. The molecule has 1 aliphatic rings. The van der Waals surface area contributed by atoms with E-state index in [1.165, 1.54) is 17.7 Å². The molecular weight excluding hydrogens is 419 g/mol. The number of alkyl halides is 3. The van der Waals surface area contributed by atoms with Crippen LogP contribution in [0.1, 0.15) is 47.4 Å². The van der Waals surface area contributed by atoms with Crippen LogP contribution in [0.3, 0.4) is 0 Å². The summed E-state index contributed by atoms with van der Waals surface area (Å²) in [6.07, 6.45) is -0.0118. The highest BCUT2D eigenvalue weighted by molar-refractivity contribution is 6.31. The van der Waals surface area contributed by atoms with Gasteiger partial charge in [-0.3, -0.25) is 9.89 Å². The molecule has 2 aromatic rings. The fourth-order valence-corrected chi connectivity index (χ4v) is 3.76. The minimum atomic E-state index is -4.59. The molecule has 0 spiro atoms. The number of anilines is 1. The predicted molar refractivity (Wildman–Crippen MR) is 109 cm³/mol. The zero-order valence-electron chi connectivity index (χ0n) is 16.5. The molecule has 3 N–H and O–H groups in total. The van der Waals surface area contributed by atoms with Crippen LogP contribution < -0.4 is 5.73 Å². The first-order valence-electron chi connectivity index (χ1n) is 9.92. The van der Waals surface area contributed by atoms with Crippen molar-refractivity contribution in [3.05, 3.63) is 46.2 Å². The van der Waals surface area contributed by atoms with Crippen LogP contribution in [0.25, 0.3) is 0 Å².